The zero-order valence-electron chi connectivity index (χ0n) is 13.5. The molecule has 7 heteroatoms. The van der Waals surface area contributed by atoms with Crippen LogP contribution in [-0.2, 0) is 4.79 Å². The van der Waals surface area contributed by atoms with Gasteiger partial charge in [-0.1, -0.05) is 24.6 Å². The number of amides is 1. The quantitative estimate of drug-likeness (QED) is 0.822. The molecule has 1 aromatic rings. The van der Waals surface area contributed by atoms with Gasteiger partial charge in [0.1, 0.15) is 0 Å². The van der Waals surface area contributed by atoms with Crippen molar-refractivity contribution in [3.63, 3.8) is 0 Å². The molecule has 1 heterocycles. The molecule has 0 saturated carbocycles. The summed E-state index contributed by atoms with van der Waals surface area (Å²) in [7, 11) is 0. The van der Waals surface area contributed by atoms with Gasteiger partial charge in [-0.2, -0.15) is 0 Å². The Hall–Kier alpha value is -0.680. The molecule has 2 rings (SSSR count). The number of nitrogens with two attached hydrogens (primary N) is 1. The Morgan fingerprint density at radius 2 is 2.17 bits per heavy atom. The van der Waals surface area contributed by atoms with Gasteiger partial charge < -0.3 is 16.0 Å². The third-order valence-electron chi connectivity index (χ3n) is 4.14. The molecule has 0 spiro atoms. The molecule has 0 bridgehead atoms. The SMILES string of the molecule is CC[C@H](N)C(=O)NCC1CCN(c2cc(Cl)ccc2C)C1.Cl.Cl. The molecule has 0 aliphatic carbocycles. The highest BCUT2D eigenvalue weighted by molar-refractivity contribution is 6.30. The van der Waals surface area contributed by atoms with E-state index in [2.05, 4.69) is 17.1 Å². The van der Waals surface area contributed by atoms with Gasteiger partial charge in [0.2, 0.25) is 5.91 Å². The van der Waals surface area contributed by atoms with Crippen LogP contribution in [0, 0.1) is 12.8 Å². The molecular formula is C16H26Cl3N3O. The van der Waals surface area contributed by atoms with Crippen LogP contribution in [0.25, 0.3) is 0 Å². The highest BCUT2D eigenvalue weighted by atomic mass is 35.5. The second-order valence-electron chi connectivity index (χ2n) is 5.79. The van der Waals surface area contributed by atoms with E-state index >= 15 is 0 Å². The lowest BCUT2D eigenvalue weighted by molar-refractivity contribution is -0.122. The number of nitrogens with one attached hydrogen (secondary N) is 1. The normalized spacial score (nSPS) is 17.9. The van der Waals surface area contributed by atoms with Crippen molar-refractivity contribution in [2.24, 2.45) is 11.7 Å². The van der Waals surface area contributed by atoms with E-state index in [-0.39, 0.29) is 30.7 Å². The lowest BCUT2D eigenvalue weighted by Gasteiger charge is -2.21. The average Bonchev–Trinajstić information content (AvgIpc) is 2.95. The van der Waals surface area contributed by atoms with E-state index in [9.17, 15) is 4.79 Å². The van der Waals surface area contributed by atoms with Gasteiger partial charge in [-0.15, -0.1) is 24.8 Å². The highest BCUT2D eigenvalue weighted by Crippen LogP contribution is 2.29. The van der Waals surface area contributed by atoms with Gasteiger partial charge in [-0.25, -0.2) is 0 Å². The first-order chi connectivity index (χ1) is 10.0. The lowest BCUT2D eigenvalue weighted by Crippen LogP contribution is -2.42. The summed E-state index contributed by atoms with van der Waals surface area (Å²) >= 11 is 6.09. The number of carbonyl (C=O) groups excluding carboxylic acids is 1. The maximum atomic E-state index is 11.7. The van der Waals surface area contributed by atoms with Gasteiger partial charge in [-0.3, -0.25) is 4.79 Å². The van der Waals surface area contributed by atoms with Crippen LogP contribution in [-0.4, -0.2) is 31.6 Å². The molecule has 1 unspecified atom stereocenters. The Bertz CT molecular complexity index is 513. The zero-order valence-corrected chi connectivity index (χ0v) is 15.9. The summed E-state index contributed by atoms with van der Waals surface area (Å²) in [4.78, 5) is 14.1. The van der Waals surface area contributed by atoms with Crippen molar-refractivity contribution in [3.8, 4) is 0 Å². The zero-order chi connectivity index (χ0) is 15.4. The predicted octanol–water partition coefficient (Wildman–Crippen LogP) is 3.17. The fraction of sp³-hybridized carbons (Fsp3) is 0.562. The van der Waals surface area contributed by atoms with Crippen molar-refractivity contribution in [2.75, 3.05) is 24.5 Å². The minimum atomic E-state index is -0.391. The highest BCUT2D eigenvalue weighted by Gasteiger charge is 2.24. The van der Waals surface area contributed by atoms with Gasteiger partial charge in [-0.05, 0) is 43.4 Å². The van der Waals surface area contributed by atoms with Crippen LogP contribution in [0.1, 0.15) is 25.3 Å². The van der Waals surface area contributed by atoms with Crippen molar-refractivity contribution in [3.05, 3.63) is 28.8 Å². The molecule has 1 amide bonds. The van der Waals surface area contributed by atoms with Crippen LogP contribution < -0.4 is 16.0 Å². The largest absolute Gasteiger partial charge is 0.371 e. The minimum Gasteiger partial charge on any atom is -0.371 e. The van der Waals surface area contributed by atoms with Crippen LogP contribution in [0.2, 0.25) is 5.02 Å². The van der Waals surface area contributed by atoms with Crippen molar-refractivity contribution in [1.29, 1.82) is 0 Å². The first-order valence-corrected chi connectivity index (χ1v) is 7.93. The number of hydrogen-bond donors (Lipinski definition) is 2. The van der Waals surface area contributed by atoms with Gasteiger partial charge in [0, 0.05) is 30.3 Å². The summed E-state index contributed by atoms with van der Waals surface area (Å²) < 4.78 is 0. The summed E-state index contributed by atoms with van der Waals surface area (Å²) in [6.07, 6.45) is 1.75. The third kappa shape index (κ3) is 6.03. The van der Waals surface area contributed by atoms with Crippen LogP contribution in [0.5, 0.6) is 0 Å². The number of anilines is 1. The van der Waals surface area contributed by atoms with E-state index in [4.69, 9.17) is 17.3 Å². The first kappa shape index (κ1) is 22.3. The second kappa shape index (κ2) is 10.2. The third-order valence-corrected chi connectivity index (χ3v) is 4.37. The molecule has 1 fully saturated rings. The van der Waals surface area contributed by atoms with Gasteiger partial charge in [0.05, 0.1) is 6.04 Å². The number of aryl methyl sites for hydroxylation is 1. The smallest absolute Gasteiger partial charge is 0.236 e. The van der Waals surface area contributed by atoms with Crippen LogP contribution in [0.3, 0.4) is 0 Å². The second-order valence-corrected chi connectivity index (χ2v) is 6.23. The van der Waals surface area contributed by atoms with E-state index in [1.807, 2.05) is 25.1 Å². The van der Waals surface area contributed by atoms with Crippen LogP contribution in [0.4, 0.5) is 5.69 Å². The molecule has 1 saturated heterocycles. The lowest BCUT2D eigenvalue weighted by atomic mass is 10.1. The van der Waals surface area contributed by atoms with E-state index in [1.54, 1.807) is 0 Å². The molecule has 0 radical (unpaired) electrons. The van der Waals surface area contributed by atoms with Crippen LogP contribution >= 0.6 is 36.4 Å². The fourth-order valence-electron chi connectivity index (χ4n) is 2.70. The van der Waals surface area contributed by atoms with E-state index < -0.39 is 6.04 Å². The van der Waals surface area contributed by atoms with Crippen molar-refractivity contribution >= 4 is 48.0 Å². The Morgan fingerprint density at radius 1 is 1.48 bits per heavy atom. The molecule has 132 valence electrons. The summed E-state index contributed by atoms with van der Waals surface area (Å²) in [6.45, 7) is 6.66. The summed E-state index contributed by atoms with van der Waals surface area (Å²) in [5, 5.41) is 3.72. The minimum absolute atomic E-state index is 0. The molecular weight excluding hydrogens is 357 g/mol. The van der Waals surface area contributed by atoms with E-state index in [1.165, 1.54) is 11.3 Å². The summed E-state index contributed by atoms with van der Waals surface area (Å²) in [5.41, 5.74) is 8.15. The number of benzene rings is 1. The molecule has 3 N–H and O–H groups in total. The standard InChI is InChI=1S/C16H24ClN3O.2ClH/c1-3-14(18)16(21)19-9-12-6-7-20(10-12)15-8-13(17)5-4-11(15)2;;/h4-5,8,12,14H,3,6-7,9-10,18H2,1-2H3,(H,19,21);2*1H/t12?,14-;;/m0../s1. The van der Waals surface area contributed by atoms with Crippen molar-refractivity contribution in [2.45, 2.75) is 32.7 Å². The number of carbonyl (C=O) groups is 1. The number of halogens is 3. The molecule has 1 aromatic carbocycles. The van der Waals surface area contributed by atoms with Gasteiger partial charge in [0.15, 0.2) is 0 Å². The maximum absolute atomic E-state index is 11.7. The summed E-state index contributed by atoms with van der Waals surface area (Å²) in [6, 6.07) is 5.59. The molecule has 0 aromatic heterocycles. The van der Waals surface area contributed by atoms with E-state index in [0.29, 0.717) is 18.9 Å². The van der Waals surface area contributed by atoms with E-state index in [0.717, 1.165) is 24.5 Å². The number of hydrogen-bond acceptors (Lipinski definition) is 3. The Kier molecular flexibility index (Phi) is 9.94. The van der Waals surface area contributed by atoms with Gasteiger partial charge >= 0.3 is 0 Å². The molecule has 4 nitrogen and oxygen atoms in total. The van der Waals surface area contributed by atoms with Crippen molar-refractivity contribution < 1.29 is 4.79 Å². The molecule has 23 heavy (non-hydrogen) atoms. The number of nitrogens with zero attached hydrogens (tertiary/aromatic N) is 1. The van der Waals surface area contributed by atoms with Crippen molar-refractivity contribution in [1.82, 2.24) is 5.32 Å². The first-order valence-electron chi connectivity index (χ1n) is 7.55. The Balaban J connectivity index is 0.00000242. The topological polar surface area (TPSA) is 58.4 Å². The molecule has 1 aliphatic heterocycles. The number of rotatable bonds is 5. The van der Waals surface area contributed by atoms with Crippen LogP contribution in [0.15, 0.2) is 18.2 Å². The van der Waals surface area contributed by atoms with Gasteiger partial charge in [0.25, 0.3) is 0 Å². The fourth-order valence-corrected chi connectivity index (χ4v) is 2.87. The predicted molar refractivity (Wildman–Crippen MR) is 102 cm³/mol. The average molecular weight is 383 g/mol. The Labute approximate surface area is 155 Å². The Morgan fingerprint density at radius 3 is 2.83 bits per heavy atom. The molecule has 1 aliphatic rings. The monoisotopic (exact) mass is 381 g/mol. The molecule has 2 atom stereocenters. The summed E-state index contributed by atoms with van der Waals surface area (Å²) in [5.74, 6) is 0.422. The maximum Gasteiger partial charge on any atom is 0.236 e.